The summed E-state index contributed by atoms with van der Waals surface area (Å²) in [6, 6.07) is 14.5. The number of esters is 1. The van der Waals surface area contributed by atoms with Crippen LogP contribution in [0.25, 0.3) is 6.08 Å². The summed E-state index contributed by atoms with van der Waals surface area (Å²) in [6.45, 7) is 1.92. The van der Waals surface area contributed by atoms with Crippen LogP contribution >= 0.6 is 11.8 Å². The molecule has 0 amide bonds. The second-order valence-corrected chi connectivity index (χ2v) is 6.97. The molecule has 0 saturated heterocycles. The van der Waals surface area contributed by atoms with Crippen LogP contribution in [0.3, 0.4) is 0 Å². The molecule has 1 aliphatic heterocycles. The second-order valence-electron chi connectivity index (χ2n) is 5.94. The van der Waals surface area contributed by atoms with Crippen LogP contribution in [0.4, 0.5) is 5.69 Å². The summed E-state index contributed by atoms with van der Waals surface area (Å²) in [4.78, 5) is 17.5. The van der Waals surface area contributed by atoms with Crippen LogP contribution in [-0.4, -0.2) is 36.9 Å². The first-order valence-electron chi connectivity index (χ1n) is 8.93. The van der Waals surface area contributed by atoms with Gasteiger partial charge in [0, 0.05) is 0 Å². The first-order valence-corrected chi connectivity index (χ1v) is 9.74. The van der Waals surface area contributed by atoms with Gasteiger partial charge in [0.15, 0.2) is 0 Å². The lowest BCUT2D eigenvalue weighted by molar-refractivity contribution is -0.138. The van der Waals surface area contributed by atoms with Crippen molar-refractivity contribution >= 4 is 34.5 Å². The number of aliphatic hydroxyl groups excluding tert-OH is 1. The highest BCUT2D eigenvalue weighted by Gasteiger charge is 2.33. The van der Waals surface area contributed by atoms with Gasteiger partial charge < -0.3 is 19.3 Å². The summed E-state index contributed by atoms with van der Waals surface area (Å²) in [5.41, 5.74) is 1.55. The minimum atomic E-state index is -0.608. The van der Waals surface area contributed by atoms with Crippen LogP contribution < -0.4 is 9.47 Å². The van der Waals surface area contributed by atoms with Crippen molar-refractivity contribution in [3.8, 4) is 11.5 Å². The molecular weight excluding hydrogens is 390 g/mol. The Balaban J connectivity index is 1.98. The summed E-state index contributed by atoms with van der Waals surface area (Å²) in [5, 5.41) is 11.1. The Hall–Kier alpha value is -3.19. The lowest BCUT2D eigenvalue weighted by Crippen LogP contribution is -2.12. The van der Waals surface area contributed by atoms with Crippen LogP contribution in [0.15, 0.2) is 69.8 Å². The molecule has 0 aliphatic carbocycles. The molecule has 1 N–H and O–H groups in total. The van der Waals surface area contributed by atoms with E-state index in [0.717, 1.165) is 11.3 Å². The number of carbonyl (C=O) groups excluding carboxylic acids is 1. The Morgan fingerprint density at radius 2 is 1.62 bits per heavy atom. The fourth-order valence-corrected chi connectivity index (χ4v) is 3.65. The number of aliphatic imine (C=N–C) groups is 1. The van der Waals surface area contributed by atoms with Gasteiger partial charge in [-0.3, -0.25) is 0 Å². The fourth-order valence-electron chi connectivity index (χ4n) is 2.62. The third kappa shape index (κ3) is 4.81. The lowest BCUT2D eigenvalue weighted by Gasteiger charge is -2.04. The quantitative estimate of drug-likeness (QED) is 0.682. The van der Waals surface area contributed by atoms with E-state index in [1.54, 1.807) is 51.5 Å². The third-order valence-corrected chi connectivity index (χ3v) is 5.11. The van der Waals surface area contributed by atoms with Gasteiger partial charge in [-0.1, -0.05) is 23.9 Å². The molecule has 0 fully saturated rings. The van der Waals surface area contributed by atoms with E-state index in [9.17, 15) is 9.90 Å². The number of hydrogen-bond acceptors (Lipinski definition) is 7. The fraction of sp³-hybridized carbons (Fsp3) is 0.182. The van der Waals surface area contributed by atoms with Gasteiger partial charge in [0.05, 0.1) is 31.4 Å². The summed E-state index contributed by atoms with van der Waals surface area (Å²) >= 11 is 1.21. The van der Waals surface area contributed by atoms with Crippen molar-refractivity contribution in [2.45, 2.75) is 6.92 Å². The van der Waals surface area contributed by atoms with E-state index in [2.05, 4.69) is 4.99 Å². The van der Waals surface area contributed by atoms with Crippen molar-refractivity contribution in [3.05, 3.63) is 70.3 Å². The maximum absolute atomic E-state index is 12.4. The molecule has 2 aromatic carbocycles. The second kappa shape index (κ2) is 9.34. The highest BCUT2D eigenvalue weighted by Crippen LogP contribution is 2.40. The predicted octanol–water partition coefficient (Wildman–Crippen LogP) is 4.90. The van der Waals surface area contributed by atoms with Crippen LogP contribution in [0.2, 0.25) is 0 Å². The SMILES string of the molecule is CCOC(=O)C1=C(O)C(=Cc2ccc(OC)cc2)SC1=Nc1ccc(OC)cc1. The first-order chi connectivity index (χ1) is 14.0. The average molecular weight is 411 g/mol. The van der Waals surface area contributed by atoms with Crippen molar-refractivity contribution in [2.24, 2.45) is 4.99 Å². The number of carbonyl (C=O) groups is 1. The van der Waals surface area contributed by atoms with Crippen molar-refractivity contribution < 1.29 is 24.1 Å². The molecule has 0 atom stereocenters. The average Bonchev–Trinajstić information content (AvgIpc) is 3.04. The zero-order chi connectivity index (χ0) is 20.8. The normalized spacial score (nSPS) is 16.4. The van der Waals surface area contributed by atoms with E-state index < -0.39 is 5.97 Å². The molecule has 1 aliphatic rings. The molecule has 0 unspecified atom stereocenters. The maximum Gasteiger partial charge on any atom is 0.344 e. The van der Waals surface area contributed by atoms with Gasteiger partial charge in [-0.05, 0) is 55.0 Å². The summed E-state index contributed by atoms with van der Waals surface area (Å²) < 4.78 is 15.4. The molecule has 0 aromatic heterocycles. The van der Waals surface area contributed by atoms with Gasteiger partial charge in [-0.2, -0.15) is 0 Å². The van der Waals surface area contributed by atoms with Gasteiger partial charge in [0.25, 0.3) is 0 Å². The van der Waals surface area contributed by atoms with Crippen LogP contribution in [0.5, 0.6) is 11.5 Å². The van der Waals surface area contributed by atoms with Gasteiger partial charge in [-0.15, -0.1) is 0 Å². The van der Waals surface area contributed by atoms with Crippen molar-refractivity contribution in [2.75, 3.05) is 20.8 Å². The van der Waals surface area contributed by atoms with E-state index in [-0.39, 0.29) is 17.9 Å². The van der Waals surface area contributed by atoms with E-state index in [4.69, 9.17) is 14.2 Å². The molecule has 0 spiro atoms. The Labute approximate surface area is 173 Å². The minimum Gasteiger partial charge on any atom is -0.506 e. The van der Waals surface area contributed by atoms with E-state index in [1.807, 2.05) is 24.3 Å². The molecule has 3 rings (SSSR count). The molecule has 7 heteroatoms. The maximum atomic E-state index is 12.4. The summed E-state index contributed by atoms with van der Waals surface area (Å²) in [7, 11) is 3.19. The molecule has 150 valence electrons. The van der Waals surface area contributed by atoms with Gasteiger partial charge in [0.1, 0.15) is 27.9 Å². The standard InChI is InChI=1S/C22H21NO5S/c1-4-28-22(25)19-20(24)18(13-14-5-9-16(26-2)10-6-14)29-21(19)23-15-7-11-17(27-3)12-8-15/h5-13,24H,4H2,1-3H3. The molecule has 29 heavy (non-hydrogen) atoms. The lowest BCUT2D eigenvalue weighted by atomic mass is 10.1. The van der Waals surface area contributed by atoms with Gasteiger partial charge in [-0.25, -0.2) is 9.79 Å². The predicted molar refractivity (Wildman–Crippen MR) is 115 cm³/mol. The van der Waals surface area contributed by atoms with Crippen molar-refractivity contribution in [1.82, 2.24) is 0 Å². The number of nitrogens with zero attached hydrogens (tertiary/aromatic N) is 1. The largest absolute Gasteiger partial charge is 0.506 e. The smallest absolute Gasteiger partial charge is 0.344 e. The first kappa shape index (κ1) is 20.5. The minimum absolute atomic E-state index is 0.0624. The number of rotatable bonds is 6. The number of thioether (sulfide) groups is 1. The highest BCUT2D eigenvalue weighted by atomic mass is 32.2. The zero-order valence-electron chi connectivity index (χ0n) is 16.3. The Morgan fingerprint density at radius 3 is 2.17 bits per heavy atom. The number of methoxy groups -OCH3 is 2. The van der Waals surface area contributed by atoms with Crippen LogP contribution in [0.1, 0.15) is 12.5 Å². The topological polar surface area (TPSA) is 77.4 Å². The molecule has 6 nitrogen and oxygen atoms in total. The van der Waals surface area contributed by atoms with Gasteiger partial charge in [0.2, 0.25) is 0 Å². The van der Waals surface area contributed by atoms with E-state index in [0.29, 0.717) is 21.4 Å². The number of aliphatic hydroxyl groups is 1. The Kier molecular flexibility index (Phi) is 6.61. The molecule has 2 aromatic rings. The monoisotopic (exact) mass is 411 g/mol. The third-order valence-electron chi connectivity index (χ3n) is 4.09. The van der Waals surface area contributed by atoms with Crippen molar-refractivity contribution in [1.29, 1.82) is 0 Å². The summed E-state index contributed by atoms with van der Waals surface area (Å²) in [6.07, 6.45) is 1.79. The van der Waals surface area contributed by atoms with Crippen LogP contribution in [0, 0.1) is 0 Å². The molecule has 0 radical (unpaired) electrons. The van der Waals surface area contributed by atoms with Crippen LogP contribution in [-0.2, 0) is 9.53 Å². The number of hydrogen-bond donors (Lipinski definition) is 1. The molecular formula is C22H21NO5S. The molecule has 1 heterocycles. The highest BCUT2D eigenvalue weighted by molar-refractivity contribution is 8.18. The number of ether oxygens (including phenoxy) is 3. The Bertz CT molecular complexity index is 975. The summed E-state index contributed by atoms with van der Waals surface area (Å²) in [5.74, 6) is 0.691. The zero-order valence-corrected chi connectivity index (χ0v) is 17.2. The molecule has 0 bridgehead atoms. The van der Waals surface area contributed by atoms with Gasteiger partial charge >= 0.3 is 5.97 Å². The van der Waals surface area contributed by atoms with E-state index >= 15 is 0 Å². The Morgan fingerprint density at radius 1 is 1.03 bits per heavy atom. The molecule has 0 saturated carbocycles. The number of benzene rings is 2. The van der Waals surface area contributed by atoms with Crippen molar-refractivity contribution in [3.63, 3.8) is 0 Å². The van der Waals surface area contributed by atoms with E-state index in [1.165, 1.54) is 11.8 Å².